The molecule has 1 N–H and O–H groups in total. The average molecular weight is 385 g/mol. The van der Waals surface area contributed by atoms with Gasteiger partial charge in [0.15, 0.2) is 0 Å². The average Bonchev–Trinajstić information content (AvgIpc) is 3.09. The Morgan fingerprint density at radius 3 is 3.07 bits per heavy atom. The zero-order chi connectivity index (χ0) is 18.5. The minimum absolute atomic E-state index is 0.608. The first kappa shape index (κ1) is 16.0. The van der Waals surface area contributed by atoms with E-state index in [1.807, 2.05) is 24.4 Å². The van der Waals surface area contributed by atoms with Crippen LogP contribution in [0, 0.1) is 5.92 Å². The fourth-order valence-electron chi connectivity index (χ4n) is 3.95. The number of rotatable bonds is 4. The normalized spacial score (nSPS) is 20.4. The summed E-state index contributed by atoms with van der Waals surface area (Å²) in [4.78, 5) is 8.39. The van der Waals surface area contributed by atoms with Gasteiger partial charge in [0.2, 0.25) is 0 Å². The van der Waals surface area contributed by atoms with Crippen molar-refractivity contribution in [3.63, 3.8) is 0 Å². The van der Waals surface area contributed by atoms with E-state index in [0.29, 0.717) is 5.92 Å². The van der Waals surface area contributed by atoms with E-state index >= 15 is 0 Å². The first-order valence-corrected chi connectivity index (χ1v) is 10.4. The van der Waals surface area contributed by atoms with Crippen LogP contribution in [0.25, 0.3) is 16.5 Å². The van der Waals surface area contributed by atoms with Crippen LogP contribution in [-0.2, 0) is 6.54 Å². The highest BCUT2D eigenvalue weighted by Gasteiger charge is 2.38. The Balaban J connectivity index is 1.40. The molecular formula is C23H19N3OS. The van der Waals surface area contributed by atoms with E-state index in [-0.39, 0.29) is 0 Å². The van der Waals surface area contributed by atoms with E-state index in [0.717, 1.165) is 53.5 Å². The first-order valence-electron chi connectivity index (χ1n) is 9.57. The summed E-state index contributed by atoms with van der Waals surface area (Å²) >= 11 is 1.77. The van der Waals surface area contributed by atoms with Gasteiger partial charge in [0.1, 0.15) is 23.0 Å². The van der Waals surface area contributed by atoms with Crippen LogP contribution in [0.1, 0.15) is 17.1 Å². The third-order valence-corrected chi connectivity index (χ3v) is 6.39. The number of thiophene rings is 1. The Morgan fingerprint density at radius 1 is 1.21 bits per heavy atom. The molecule has 2 aliphatic heterocycles. The second-order valence-corrected chi connectivity index (χ2v) is 8.41. The Labute approximate surface area is 167 Å². The molecule has 0 saturated heterocycles. The summed E-state index contributed by atoms with van der Waals surface area (Å²) in [5.74, 6) is 3.57. The van der Waals surface area contributed by atoms with Gasteiger partial charge in [-0.1, -0.05) is 29.8 Å². The number of fused-ring (bicyclic) bond motifs is 3. The Kier molecular flexibility index (Phi) is 3.56. The molecule has 1 saturated carbocycles. The molecule has 3 aliphatic rings. The number of furan rings is 1. The van der Waals surface area contributed by atoms with Crippen molar-refractivity contribution >= 4 is 34.1 Å². The van der Waals surface area contributed by atoms with E-state index in [1.54, 1.807) is 11.3 Å². The molecule has 0 radical (unpaired) electrons. The van der Waals surface area contributed by atoms with E-state index in [4.69, 9.17) is 9.41 Å². The van der Waals surface area contributed by atoms with Gasteiger partial charge in [-0.3, -0.25) is 0 Å². The number of nitrogens with one attached hydrogen (secondary N) is 1. The van der Waals surface area contributed by atoms with Gasteiger partial charge in [-0.15, -0.1) is 11.3 Å². The number of nitrogens with zero attached hydrogens (tertiary/aromatic N) is 2. The number of allylic oxidation sites excluding steroid dienone is 3. The molecule has 4 heterocycles. The van der Waals surface area contributed by atoms with E-state index in [9.17, 15) is 0 Å². The summed E-state index contributed by atoms with van der Waals surface area (Å²) in [5, 5.41) is 6.85. The number of para-hydroxylation sites is 1. The largest absolute Gasteiger partial charge is 0.456 e. The summed E-state index contributed by atoms with van der Waals surface area (Å²) in [6.45, 7) is 1.79. The maximum absolute atomic E-state index is 6.19. The van der Waals surface area contributed by atoms with Crippen molar-refractivity contribution in [3.8, 4) is 0 Å². The van der Waals surface area contributed by atoms with Crippen LogP contribution >= 0.6 is 11.3 Å². The van der Waals surface area contributed by atoms with Gasteiger partial charge in [-0.25, -0.2) is 4.99 Å². The molecule has 0 spiro atoms. The number of hydrogen-bond acceptors (Lipinski definition) is 5. The highest BCUT2D eigenvalue weighted by molar-refractivity contribution is 7.09. The Bertz CT molecular complexity index is 1150. The topological polar surface area (TPSA) is 40.8 Å². The lowest BCUT2D eigenvalue weighted by Crippen LogP contribution is -2.34. The van der Waals surface area contributed by atoms with Crippen molar-refractivity contribution in [2.45, 2.75) is 13.0 Å². The van der Waals surface area contributed by atoms with Crippen LogP contribution in [0.2, 0.25) is 0 Å². The van der Waals surface area contributed by atoms with Crippen LogP contribution in [0.5, 0.6) is 0 Å². The van der Waals surface area contributed by atoms with Crippen LogP contribution in [0.4, 0.5) is 0 Å². The minimum Gasteiger partial charge on any atom is -0.456 e. The predicted molar refractivity (Wildman–Crippen MR) is 114 cm³/mol. The van der Waals surface area contributed by atoms with Gasteiger partial charge in [0.25, 0.3) is 0 Å². The Hall–Kier alpha value is -3.05. The van der Waals surface area contributed by atoms with Gasteiger partial charge in [-0.05, 0) is 42.2 Å². The van der Waals surface area contributed by atoms with Crippen molar-refractivity contribution in [3.05, 3.63) is 87.8 Å². The van der Waals surface area contributed by atoms with E-state index in [1.165, 1.54) is 10.5 Å². The van der Waals surface area contributed by atoms with Crippen LogP contribution < -0.4 is 5.32 Å². The standard InChI is InChI=1S/C23H19N3OS/c1-2-6-20-15(4-1)12-21(27-20)19-11-16-10-17(16)14-26-22(7-8-24-23(19)26)25-13-18-5-3-9-28-18/h1-9,11-12,17,25H,10,13-14H2. The molecule has 0 amide bonds. The van der Waals surface area contributed by atoms with Gasteiger partial charge in [0, 0.05) is 28.9 Å². The molecule has 5 heteroatoms. The highest BCUT2D eigenvalue weighted by atomic mass is 32.1. The SMILES string of the molecule is C1=NC2=C(c3cc4ccccc4o3)C=C3CC3CN2C(NCc2cccs2)=C1. The predicted octanol–water partition coefficient (Wildman–Crippen LogP) is 5.14. The first-order chi connectivity index (χ1) is 13.8. The second kappa shape index (κ2) is 6.24. The molecule has 1 atom stereocenters. The van der Waals surface area contributed by atoms with Gasteiger partial charge < -0.3 is 14.6 Å². The van der Waals surface area contributed by atoms with Crippen LogP contribution in [-0.4, -0.2) is 17.7 Å². The lowest BCUT2D eigenvalue weighted by molar-refractivity contribution is 0.376. The molecule has 6 rings (SSSR count). The molecule has 28 heavy (non-hydrogen) atoms. The van der Waals surface area contributed by atoms with Crippen molar-refractivity contribution in [1.29, 1.82) is 0 Å². The smallest absolute Gasteiger partial charge is 0.145 e. The minimum atomic E-state index is 0.608. The third kappa shape index (κ3) is 2.70. The van der Waals surface area contributed by atoms with Gasteiger partial charge in [0.05, 0.1) is 12.1 Å². The molecule has 1 unspecified atom stereocenters. The zero-order valence-corrected chi connectivity index (χ0v) is 16.1. The third-order valence-electron chi connectivity index (χ3n) is 5.51. The van der Waals surface area contributed by atoms with E-state index in [2.05, 4.69) is 52.0 Å². The maximum Gasteiger partial charge on any atom is 0.145 e. The van der Waals surface area contributed by atoms with Crippen LogP contribution in [0.15, 0.2) is 86.6 Å². The Morgan fingerprint density at radius 2 is 2.18 bits per heavy atom. The second-order valence-electron chi connectivity index (χ2n) is 7.38. The molecule has 2 aromatic heterocycles. The summed E-state index contributed by atoms with van der Waals surface area (Å²) in [5.41, 5.74) is 3.48. The monoisotopic (exact) mass is 385 g/mol. The number of aliphatic imine (C=N–C) groups is 1. The summed E-state index contributed by atoms with van der Waals surface area (Å²) < 4.78 is 6.19. The van der Waals surface area contributed by atoms with Crippen LogP contribution in [0.3, 0.4) is 0 Å². The van der Waals surface area contributed by atoms with Crippen molar-refractivity contribution < 1.29 is 4.42 Å². The molecule has 0 bridgehead atoms. The van der Waals surface area contributed by atoms with Gasteiger partial charge in [-0.2, -0.15) is 0 Å². The molecule has 3 aromatic rings. The summed E-state index contributed by atoms with van der Waals surface area (Å²) in [6, 6.07) is 14.5. The highest BCUT2D eigenvalue weighted by Crippen LogP contribution is 2.46. The molecule has 4 nitrogen and oxygen atoms in total. The molecule has 1 aliphatic carbocycles. The molecule has 1 fully saturated rings. The maximum atomic E-state index is 6.19. The van der Waals surface area contributed by atoms with Crippen molar-refractivity contribution in [2.75, 3.05) is 6.54 Å². The molecule has 1 aromatic carbocycles. The van der Waals surface area contributed by atoms with E-state index < -0.39 is 0 Å². The lowest BCUT2D eigenvalue weighted by atomic mass is 10.1. The zero-order valence-electron chi connectivity index (χ0n) is 15.3. The lowest BCUT2D eigenvalue weighted by Gasteiger charge is -2.30. The number of hydrogen-bond donors (Lipinski definition) is 1. The van der Waals surface area contributed by atoms with Gasteiger partial charge >= 0.3 is 0 Å². The van der Waals surface area contributed by atoms with Crippen molar-refractivity contribution in [2.24, 2.45) is 10.9 Å². The van der Waals surface area contributed by atoms with Crippen molar-refractivity contribution in [1.82, 2.24) is 10.2 Å². The fraction of sp³-hybridized carbons (Fsp3) is 0.174. The molecular weight excluding hydrogens is 366 g/mol. The summed E-state index contributed by atoms with van der Waals surface area (Å²) in [6.07, 6.45) is 7.41. The summed E-state index contributed by atoms with van der Waals surface area (Å²) in [7, 11) is 0. The quantitative estimate of drug-likeness (QED) is 0.676. The number of benzene rings is 1. The molecule has 138 valence electrons. The fourth-order valence-corrected chi connectivity index (χ4v) is 4.59.